The Balaban J connectivity index is 1.72. The standard InChI is InChI=1S/C16H25N3O3/c1-2-22-14-10-19(9-13(14)20)16(21)12-8-17-18-15(12)11-6-4-3-5-7-11/h8,11,13-14,20H,2-7,9-10H2,1H3,(H,17,18)/t13-,14-/m0/s1. The lowest BCUT2D eigenvalue weighted by molar-refractivity contribution is -0.00237. The molecule has 1 amide bonds. The maximum atomic E-state index is 12.8. The van der Waals surface area contributed by atoms with Crippen LogP contribution in [0.4, 0.5) is 0 Å². The summed E-state index contributed by atoms with van der Waals surface area (Å²) in [6.07, 6.45) is 6.69. The van der Waals surface area contributed by atoms with Crippen molar-refractivity contribution >= 4 is 5.91 Å². The van der Waals surface area contributed by atoms with Crippen LogP contribution in [0.2, 0.25) is 0 Å². The van der Waals surface area contributed by atoms with Gasteiger partial charge in [-0.2, -0.15) is 5.10 Å². The van der Waals surface area contributed by atoms with Gasteiger partial charge in [-0.3, -0.25) is 9.89 Å². The van der Waals surface area contributed by atoms with Gasteiger partial charge in [-0.05, 0) is 19.8 Å². The second-order valence-corrected chi connectivity index (χ2v) is 6.30. The number of nitrogens with one attached hydrogen (secondary N) is 1. The fourth-order valence-corrected chi connectivity index (χ4v) is 3.64. The predicted molar refractivity (Wildman–Crippen MR) is 81.7 cm³/mol. The lowest BCUT2D eigenvalue weighted by atomic mass is 9.85. The molecular formula is C16H25N3O3. The molecule has 1 aliphatic heterocycles. The van der Waals surface area contributed by atoms with Crippen molar-refractivity contribution in [1.29, 1.82) is 0 Å². The van der Waals surface area contributed by atoms with E-state index in [1.165, 1.54) is 19.3 Å². The van der Waals surface area contributed by atoms with Crippen molar-refractivity contribution in [3.05, 3.63) is 17.5 Å². The van der Waals surface area contributed by atoms with E-state index in [1.807, 2.05) is 6.92 Å². The van der Waals surface area contributed by atoms with Crippen molar-refractivity contribution in [3.8, 4) is 0 Å². The molecule has 6 heteroatoms. The molecule has 1 aromatic heterocycles. The minimum Gasteiger partial charge on any atom is -0.388 e. The molecule has 2 aliphatic rings. The summed E-state index contributed by atoms with van der Waals surface area (Å²) >= 11 is 0. The van der Waals surface area contributed by atoms with Gasteiger partial charge in [0.15, 0.2) is 0 Å². The van der Waals surface area contributed by atoms with Gasteiger partial charge in [0, 0.05) is 25.6 Å². The fourth-order valence-electron chi connectivity index (χ4n) is 3.64. The zero-order valence-electron chi connectivity index (χ0n) is 13.1. The van der Waals surface area contributed by atoms with Crippen molar-refractivity contribution in [1.82, 2.24) is 15.1 Å². The van der Waals surface area contributed by atoms with Crippen molar-refractivity contribution in [2.75, 3.05) is 19.7 Å². The number of rotatable bonds is 4. The van der Waals surface area contributed by atoms with E-state index in [-0.39, 0.29) is 12.0 Å². The smallest absolute Gasteiger partial charge is 0.257 e. The number of ether oxygens (including phenoxy) is 1. The number of aromatic nitrogens is 2. The molecule has 1 saturated heterocycles. The van der Waals surface area contributed by atoms with Crippen LogP contribution in [0.3, 0.4) is 0 Å². The summed E-state index contributed by atoms with van der Waals surface area (Å²) < 4.78 is 5.49. The third-order valence-electron chi connectivity index (χ3n) is 4.82. The summed E-state index contributed by atoms with van der Waals surface area (Å²) in [6.45, 7) is 3.22. The highest BCUT2D eigenvalue weighted by Crippen LogP contribution is 2.33. The number of likely N-dealkylation sites (tertiary alicyclic amines) is 1. The molecule has 2 N–H and O–H groups in total. The molecule has 6 nitrogen and oxygen atoms in total. The Labute approximate surface area is 130 Å². The van der Waals surface area contributed by atoms with Crippen LogP contribution in [0.1, 0.15) is 61.0 Å². The largest absolute Gasteiger partial charge is 0.388 e. The van der Waals surface area contributed by atoms with Crippen molar-refractivity contribution in [3.63, 3.8) is 0 Å². The zero-order chi connectivity index (χ0) is 15.5. The van der Waals surface area contributed by atoms with Gasteiger partial charge in [-0.25, -0.2) is 0 Å². The number of aromatic amines is 1. The van der Waals surface area contributed by atoms with Crippen LogP contribution in [0.25, 0.3) is 0 Å². The van der Waals surface area contributed by atoms with E-state index < -0.39 is 6.10 Å². The Morgan fingerprint density at radius 3 is 2.91 bits per heavy atom. The van der Waals surface area contributed by atoms with E-state index in [1.54, 1.807) is 11.1 Å². The summed E-state index contributed by atoms with van der Waals surface area (Å²) in [5.41, 5.74) is 1.63. The Kier molecular flexibility index (Phi) is 4.78. The number of carbonyl (C=O) groups excluding carboxylic acids is 1. The number of H-pyrrole nitrogens is 1. The molecule has 0 bridgehead atoms. The van der Waals surface area contributed by atoms with Gasteiger partial charge < -0.3 is 14.7 Å². The Hall–Kier alpha value is -1.40. The molecular weight excluding hydrogens is 282 g/mol. The van der Waals surface area contributed by atoms with E-state index in [4.69, 9.17) is 4.74 Å². The summed E-state index contributed by atoms with van der Waals surface area (Å²) in [7, 11) is 0. The first kappa shape index (κ1) is 15.5. The Morgan fingerprint density at radius 1 is 1.41 bits per heavy atom. The van der Waals surface area contributed by atoms with Crippen molar-refractivity contribution < 1.29 is 14.6 Å². The molecule has 1 aliphatic carbocycles. The van der Waals surface area contributed by atoms with Crippen LogP contribution in [0, 0.1) is 0 Å². The summed E-state index contributed by atoms with van der Waals surface area (Å²) in [4.78, 5) is 14.4. The van der Waals surface area contributed by atoms with Crippen molar-refractivity contribution in [2.45, 2.75) is 57.2 Å². The molecule has 0 unspecified atom stereocenters. The van der Waals surface area contributed by atoms with Crippen LogP contribution in [-0.2, 0) is 4.74 Å². The number of carbonyl (C=O) groups is 1. The Bertz CT molecular complexity index is 510. The normalized spacial score (nSPS) is 26.5. The van der Waals surface area contributed by atoms with Crippen LogP contribution in [0.15, 0.2) is 6.20 Å². The van der Waals surface area contributed by atoms with Crippen LogP contribution < -0.4 is 0 Å². The average molecular weight is 307 g/mol. The lowest BCUT2D eigenvalue weighted by Gasteiger charge is -2.22. The van der Waals surface area contributed by atoms with Gasteiger partial charge >= 0.3 is 0 Å². The number of amides is 1. The average Bonchev–Trinajstić information content (AvgIpc) is 3.15. The van der Waals surface area contributed by atoms with Gasteiger partial charge in [0.25, 0.3) is 5.91 Å². The minimum absolute atomic E-state index is 0.0458. The van der Waals surface area contributed by atoms with Gasteiger partial charge in [0.05, 0.1) is 23.6 Å². The minimum atomic E-state index is -0.603. The van der Waals surface area contributed by atoms with E-state index in [0.29, 0.717) is 31.2 Å². The highest BCUT2D eigenvalue weighted by atomic mass is 16.5. The number of β-amino-alcohol motifs (C(OH)–C–C–N with tert-alkyl or cyclic N) is 1. The molecule has 2 heterocycles. The molecule has 3 rings (SSSR count). The first-order valence-electron chi connectivity index (χ1n) is 8.33. The summed E-state index contributed by atoms with van der Waals surface area (Å²) in [5, 5.41) is 17.1. The first-order valence-corrected chi connectivity index (χ1v) is 8.33. The van der Waals surface area contributed by atoms with Gasteiger partial charge in [-0.1, -0.05) is 19.3 Å². The van der Waals surface area contributed by atoms with Gasteiger partial charge in [0.2, 0.25) is 0 Å². The predicted octanol–water partition coefficient (Wildman–Crippen LogP) is 1.68. The third kappa shape index (κ3) is 3.03. The zero-order valence-corrected chi connectivity index (χ0v) is 13.1. The van der Waals surface area contributed by atoms with E-state index in [2.05, 4.69) is 10.2 Å². The van der Waals surface area contributed by atoms with E-state index >= 15 is 0 Å². The molecule has 122 valence electrons. The summed E-state index contributed by atoms with van der Waals surface area (Å²) in [5.74, 6) is 0.362. The topological polar surface area (TPSA) is 78.5 Å². The highest BCUT2D eigenvalue weighted by molar-refractivity contribution is 5.95. The number of aliphatic hydroxyl groups is 1. The molecule has 1 aromatic rings. The first-order chi connectivity index (χ1) is 10.7. The van der Waals surface area contributed by atoms with Crippen LogP contribution in [0.5, 0.6) is 0 Å². The molecule has 0 radical (unpaired) electrons. The van der Waals surface area contributed by atoms with E-state index in [9.17, 15) is 9.90 Å². The fraction of sp³-hybridized carbons (Fsp3) is 0.750. The lowest BCUT2D eigenvalue weighted by Crippen LogP contribution is -2.31. The van der Waals surface area contributed by atoms with E-state index in [0.717, 1.165) is 18.5 Å². The number of hydrogen-bond acceptors (Lipinski definition) is 4. The monoisotopic (exact) mass is 307 g/mol. The van der Waals surface area contributed by atoms with Gasteiger partial charge in [-0.15, -0.1) is 0 Å². The van der Waals surface area contributed by atoms with Crippen molar-refractivity contribution in [2.24, 2.45) is 0 Å². The van der Waals surface area contributed by atoms with Gasteiger partial charge in [0.1, 0.15) is 6.10 Å². The molecule has 0 aromatic carbocycles. The number of hydrogen-bond donors (Lipinski definition) is 2. The SMILES string of the molecule is CCO[C@H]1CN(C(=O)c2cn[nH]c2C2CCCCC2)C[C@@H]1O. The second kappa shape index (κ2) is 6.79. The molecule has 2 atom stereocenters. The maximum absolute atomic E-state index is 12.8. The highest BCUT2D eigenvalue weighted by Gasteiger charge is 2.36. The number of nitrogens with zero attached hydrogens (tertiary/aromatic N) is 2. The number of aliphatic hydroxyl groups excluding tert-OH is 1. The van der Waals surface area contributed by atoms with Crippen LogP contribution >= 0.6 is 0 Å². The summed E-state index contributed by atoms with van der Waals surface area (Å²) in [6, 6.07) is 0. The third-order valence-corrected chi connectivity index (χ3v) is 4.82. The second-order valence-electron chi connectivity index (χ2n) is 6.30. The Morgan fingerprint density at radius 2 is 2.18 bits per heavy atom. The molecule has 22 heavy (non-hydrogen) atoms. The molecule has 1 saturated carbocycles. The van der Waals surface area contributed by atoms with Crippen LogP contribution in [-0.4, -0.2) is 58.0 Å². The molecule has 2 fully saturated rings. The molecule has 0 spiro atoms. The maximum Gasteiger partial charge on any atom is 0.257 e. The quantitative estimate of drug-likeness (QED) is 0.887.